The Morgan fingerprint density at radius 2 is 1.86 bits per heavy atom. The van der Waals surface area contributed by atoms with Gasteiger partial charge in [0, 0.05) is 6.54 Å². The maximum Gasteiger partial charge on any atom is 0.405 e. The monoisotopic (exact) mass is 326 g/mol. The van der Waals surface area contributed by atoms with Gasteiger partial charge >= 0.3 is 12.8 Å². The van der Waals surface area contributed by atoms with Crippen LogP contribution in [0.15, 0.2) is 24.3 Å². The van der Waals surface area contributed by atoms with E-state index in [0.29, 0.717) is 5.56 Å². The summed E-state index contributed by atoms with van der Waals surface area (Å²) in [5, 5.41) is 1.76. The second kappa shape index (κ2) is 7.92. The average molecular weight is 326 g/mol. The van der Waals surface area contributed by atoms with Gasteiger partial charge in [0.05, 0.1) is 6.54 Å². The smallest absolute Gasteiger partial charge is 0.405 e. The van der Waals surface area contributed by atoms with Crippen molar-refractivity contribution in [3.8, 4) is 5.75 Å². The van der Waals surface area contributed by atoms with E-state index in [1.54, 1.807) is 12.4 Å². The molecule has 4 nitrogen and oxygen atoms in total. The Kier molecular flexibility index (Phi) is 6.54. The first-order valence-corrected chi connectivity index (χ1v) is 6.21. The summed E-state index contributed by atoms with van der Waals surface area (Å²) in [6.07, 6.45) is -4.45. The molecule has 0 bridgehead atoms. The highest BCUT2D eigenvalue weighted by Crippen LogP contribution is 2.15. The van der Waals surface area contributed by atoms with Gasteiger partial charge in [0.1, 0.15) is 12.3 Å². The first-order valence-electron chi connectivity index (χ1n) is 6.21. The van der Waals surface area contributed by atoms with Crippen LogP contribution in [0.5, 0.6) is 5.75 Å². The van der Waals surface area contributed by atoms with Crippen molar-refractivity contribution in [1.29, 1.82) is 0 Å². The second-order valence-electron chi connectivity index (χ2n) is 4.59. The molecular weight excluding hydrogens is 311 g/mol. The first-order chi connectivity index (χ1) is 10.2. The number of likely N-dealkylation sites (N-methyl/N-ethyl adjacent to an activating group) is 1. The number of carbonyl (C=O) groups is 1. The fraction of sp³-hybridized carbons (Fsp3) is 0.462. The van der Waals surface area contributed by atoms with E-state index in [1.165, 1.54) is 29.2 Å². The van der Waals surface area contributed by atoms with Crippen molar-refractivity contribution >= 4 is 5.91 Å². The number of ether oxygens (including phenoxy) is 1. The molecule has 0 heterocycles. The molecule has 0 atom stereocenters. The van der Waals surface area contributed by atoms with E-state index in [9.17, 15) is 26.7 Å². The molecule has 1 rings (SSSR count). The fourth-order valence-electron chi connectivity index (χ4n) is 1.64. The molecule has 0 aromatic heterocycles. The molecule has 1 amide bonds. The Labute approximate surface area is 123 Å². The second-order valence-corrected chi connectivity index (χ2v) is 4.59. The summed E-state index contributed by atoms with van der Waals surface area (Å²) in [6.45, 7) is -4.23. The van der Waals surface area contributed by atoms with Crippen molar-refractivity contribution in [3.05, 3.63) is 29.8 Å². The summed E-state index contributed by atoms with van der Waals surface area (Å²) in [5.41, 5.74) is 0.702. The van der Waals surface area contributed by atoms with Crippen molar-refractivity contribution in [3.63, 3.8) is 0 Å². The summed E-state index contributed by atoms with van der Waals surface area (Å²) in [5.74, 6) is -0.748. The van der Waals surface area contributed by atoms with Gasteiger partial charge in [-0.2, -0.15) is 22.0 Å². The lowest BCUT2D eigenvalue weighted by Gasteiger charge is -2.17. The third-order valence-corrected chi connectivity index (χ3v) is 2.50. The predicted octanol–water partition coefficient (Wildman–Crippen LogP) is 2.40. The minimum Gasteiger partial charge on any atom is -0.435 e. The van der Waals surface area contributed by atoms with Crippen LogP contribution in [-0.2, 0) is 11.3 Å². The summed E-state index contributed by atoms with van der Waals surface area (Å²) in [7, 11) is 1.55. The van der Waals surface area contributed by atoms with Crippen molar-refractivity contribution in [2.24, 2.45) is 0 Å². The predicted molar refractivity (Wildman–Crippen MR) is 68.5 cm³/mol. The van der Waals surface area contributed by atoms with E-state index in [0.717, 1.165) is 0 Å². The maximum absolute atomic E-state index is 12.0. The molecule has 0 aliphatic carbocycles. The maximum atomic E-state index is 12.0. The van der Waals surface area contributed by atoms with E-state index in [-0.39, 0.29) is 18.8 Å². The van der Waals surface area contributed by atoms with Crippen LogP contribution < -0.4 is 10.1 Å². The number of nitrogens with zero attached hydrogens (tertiary/aromatic N) is 1. The van der Waals surface area contributed by atoms with Crippen LogP contribution >= 0.6 is 0 Å². The van der Waals surface area contributed by atoms with E-state index in [4.69, 9.17) is 0 Å². The van der Waals surface area contributed by atoms with Crippen LogP contribution in [0, 0.1) is 0 Å². The lowest BCUT2D eigenvalue weighted by molar-refractivity contribution is -0.138. The van der Waals surface area contributed by atoms with Crippen LogP contribution in [0.3, 0.4) is 0 Å². The van der Waals surface area contributed by atoms with Crippen molar-refractivity contribution in [2.45, 2.75) is 19.3 Å². The van der Waals surface area contributed by atoms with Crippen LogP contribution in [0.25, 0.3) is 0 Å². The third kappa shape index (κ3) is 7.77. The van der Waals surface area contributed by atoms with Gasteiger partial charge in [-0.05, 0) is 24.7 Å². The summed E-state index contributed by atoms with van der Waals surface area (Å²) >= 11 is 0. The SMILES string of the molecule is CN(CC(=O)NCC(F)(F)F)Cc1ccc(OC(F)F)cc1. The Bertz CT molecular complexity index is 476. The molecule has 1 N–H and O–H groups in total. The molecule has 9 heteroatoms. The average Bonchev–Trinajstić information content (AvgIpc) is 2.37. The molecule has 124 valence electrons. The fourth-order valence-corrected chi connectivity index (χ4v) is 1.64. The molecule has 1 aromatic rings. The number of alkyl halides is 5. The number of halogens is 5. The van der Waals surface area contributed by atoms with Gasteiger partial charge < -0.3 is 10.1 Å². The molecule has 0 aliphatic rings. The number of rotatable bonds is 7. The molecule has 0 aliphatic heterocycles. The van der Waals surface area contributed by atoms with Crippen molar-refractivity contribution < 1.29 is 31.5 Å². The van der Waals surface area contributed by atoms with Crippen molar-refractivity contribution in [1.82, 2.24) is 10.2 Å². The molecule has 0 fully saturated rings. The molecule has 22 heavy (non-hydrogen) atoms. The van der Waals surface area contributed by atoms with Gasteiger partial charge in [0.2, 0.25) is 5.91 Å². The number of carbonyl (C=O) groups excluding carboxylic acids is 1. The van der Waals surface area contributed by atoms with Gasteiger partial charge in [-0.15, -0.1) is 0 Å². The van der Waals surface area contributed by atoms with Crippen LogP contribution in [0.4, 0.5) is 22.0 Å². The number of hydrogen-bond donors (Lipinski definition) is 1. The molecule has 0 saturated carbocycles. The summed E-state index contributed by atoms with van der Waals surface area (Å²) < 4.78 is 63.9. The van der Waals surface area contributed by atoms with Gasteiger partial charge in [-0.1, -0.05) is 12.1 Å². The van der Waals surface area contributed by atoms with Gasteiger partial charge in [-0.3, -0.25) is 9.69 Å². The normalized spacial score (nSPS) is 11.8. The molecule has 0 radical (unpaired) electrons. The lowest BCUT2D eigenvalue weighted by atomic mass is 10.2. The highest BCUT2D eigenvalue weighted by atomic mass is 19.4. The zero-order valence-electron chi connectivity index (χ0n) is 11.7. The van der Waals surface area contributed by atoms with Crippen LogP contribution in [-0.4, -0.2) is 43.7 Å². The molecule has 1 aromatic carbocycles. The molecular formula is C13H15F5N2O2. The minimum atomic E-state index is -4.45. The van der Waals surface area contributed by atoms with E-state index < -0.39 is 25.2 Å². The zero-order chi connectivity index (χ0) is 16.8. The first kappa shape index (κ1) is 18.1. The van der Waals surface area contributed by atoms with Crippen molar-refractivity contribution in [2.75, 3.05) is 20.1 Å². The molecule has 0 saturated heterocycles. The highest BCUT2D eigenvalue weighted by molar-refractivity contribution is 5.78. The third-order valence-electron chi connectivity index (χ3n) is 2.50. The number of nitrogens with one attached hydrogen (secondary N) is 1. The Balaban J connectivity index is 2.41. The Morgan fingerprint density at radius 1 is 1.27 bits per heavy atom. The summed E-state index contributed by atoms with van der Waals surface area (Å²) in [4.78, 5) is 12.8. The highest BCUT2D eigenvalue weighted by Gasteiger charge is 2.27. The quantitative estimate of drug-likeness (QED) is 0.783. The number of benzene rings is 1. The lowest BCUT2D eigenvalue weighted by Crippen LogP contribution is -2.39. The van der Waals surface area contributed by atoms with E-state index >= 15 is 0 Å². The van der Waals surface area contributed by atoms with Gasteiger partial charge in [0.25, 0.3) is 0 Å². The van der Waals surface area contributed by atoms with Crippen LogP contribution in [0.1, 0.15) is 5.56 Å². The zero-order valence-corrected chi connectivity index (χ0v) is 11.7. The Morgan fingerprint density at radius 3 is 2.36 bits per heavy atom. The largest absolute Gasteiger partial charge is 0.435 e. The van der Waals surface area contributed by atoms with E-state index in [2.05, 4.69) is 4.74 Å². The number of hydrogen-bond acceptors (Lipinski definition) is 3. The molecule has 0 spiro atoms. The number of amides is 1. The van der Waals surface area contributed by atoms with E-state index in [1.807, 2.05) is 0 Å². The Hall–Kier alpha value is -1.90. The minimum absolute atomic E-state index is 0.00400. The van der Waals surface area contributed by atoms with Gasteiger partial charge in [0.15, 0.2) is 0 Å². The molecule has 0 unspecified atom stereocenters. The topological polar surface area (TPSA) is 41.6 Å². The van der Waals surface area contributed by atoms with Crippen LogP contribution in [0.2, 0.25) is 0 Å². The standard InChI is InChI=1S/C13H15F5N2O2/c1-20(7-11(21)19-8-13(16,17)18)6-9-2-4-10(5-3-9)22-12(14)15/h2-5,12H,6-8H2,1H3,(H,19,21). The van der Waals surface area contributed by atoms with Gasteiger partial charge in [-0.25, -0.2) is 0 Å². The summed E-state index contributed by atoms with van der Waals surface area (Å²) in [6, 6.07) is 5.75.